The van der Waals surface area contributed by atoms with E-state index >= 15 is 0 Å². The van der Waals surface area contributed by atoms with Crippen molar-refractivity contribution in [3.05, 3.63) is 89.4 Å². The lowest BCUT2D eigenvalue weighted by molar-refractivity contribution is -0.140. The number of ether oxygens (including phenoxy) is 1. The van der Waals surface area contributed by atoms with Crippen molar-refractivity contribution in [2.45, 2.75) is 50.7 Å². The maximum absolute atomic E-state index is 13.9. The van der Waals surface area contributed by atoms with Gasteiger partial charge < -0.3 is 15.0 Å². The fourth-order valence-electron chi connectivity index (χ4n) is 3.86. The monoisotopic (exact) mass is 571 g/mol. The molecule has 1 atom stereocenters. The van der Waals surface area contributed by atoms with Crippen molar-refractivity contribution in [1.82, 2.24) is 10.2 Å². The van der Waals surface area contributed by atoms with E-state index in [9.17, 15) is 18.0 Å². The average molecular weight is 572 g/mol. The number of carbonyl (C=O) groups is 2. The van der Waals surface area contributed by atoms with Gasteiger partial charge in [-0.25, -0.2) is 8.42 Å². The summed E-state index contributed by atoms with van der Waals surface area (Å²) in [6.45, 7) is 6.61. The number of benzene rings is 3. The minimum absolute atomic E-state index is 0.0130. The van der Waals surface area contributed by atoms with Crippen molar-refractivity contribution < 1.29 is 22.7 Å². The minimum atomic E-state index is -4.14. The topological polar surface area (TPSA) is 96.0 Å². The second kappa shape index (κ2) is 12.5. The maximum atomic E-state index is 13.9. The summed E-state index contributed by atoms with van der Waals surface area (Å²) in [4.78, 5) is 28.4. The molecule has 0 radical (unpaired) electrons. The van der Waals surface area contributed by atoms with Gasteiger partial charge in [0.2, 0.25) is 11.8 Å². The van der Waals surface area contributed by atoms with Crippen LogP contribution in [0.2, 0.25) is 5.02 Å². The Morgan fingerprint density at radius 1 is 0.949 bits per heavy atom. The minimum Gasteiger partial charge on any atom is -0.497 e. The molecule has 2 amide bonds. The highest BCUT2D eigenvalue weighted by atomic mass is 35.5. The van der Waals surface area contributed by atoms with E-state index in [1.54, 1.807) is 73.7 Å². The molecule has 0 aliphatic rings. The van der Waals surface area contributed by atoms with Crippen LogP contribution in [0.25, 0.3) is 0 Å². The summed E-state index contributed by atoms with van der Waals surface area (Å²) in [6.07, 6.45) is 0. The number of sulfonamides is 1. The molecule has 8 nitrogen and oxygen atoms in total. The number of nitrogens with zero attached hydrogens (tertiary/aromatic N) is 2. The zero-order chi connectivity index (χ0) is 28.8. The number of carbonyl (C=O) groups excluding carboxylic acids is 2. The van der Waals surface area contributed by atoms with Crippen LogP contribution in [-0.4, -0.2) is 50.4 Å². The number of rotatable bonds is 10. The molecule has 0 saturated carbocycles. The Balaban J connectivity index is 2.04. The molecule has 3 aromatic rings. The molecule has 0 aromatic heterocycles. The normalized spacial score (nSPS) is 12.4. The molecule has 3 aromatic carbocycles. The predicted molar refractivity (Wildman–Crippen MR) is 153 cm³/mol. The summed E-state index contributed by atoms with van der Waals surface area (Å²) in [5, 5.41) is 3.33. The first-order chi connectivity index (χ1) is 18.3. The first-order valence-corrected chi connectivity index (χ1v) is 14.2. The molecular formula is C29H34ClN3O5S. The van der Waals surface area contributed by atoms with Gasteiger partial charge in [0.05, 0.1) is 17.7 Å². The van der Waals surface area contributed by atoms with E-state index in [-0.39, 0.29) is 23.0 Å². The molecule has 0 spiro atoms. The number of hydrogen-bond acceptors (Lipinski definition) is 5. The van der Waals surface area contributed by atoms with Gasteiger partial charge in [0.25, 0.3) is 10.0 Å². The second-order valence-electron chi connectivity index (χ2n) is 10.1. The van der Waals surface area contributed by atoms with Crippen LogP contribution in [0.3, 0.4) is 0 Å². The molecule has 39 heavy (non-hydrogen) atoms. The van der Waals surface area contributed by atoms with Gasteiger partial charge in [-0.3, -0.25) is 13.9 Å². The molecule has 0 heterocycles. The number of halogens is 1. The summed E-state index contributed by atoms with van der Waals surface area (Å²) < 4.78 is 33.8. The van der Waals surface area contributed by atoms with Gasteiger partial charge >= 0.3 is 0 Å². The number of hydrogen-bond donors (Lipinski definition) is 1. The highest BCUT2D eigenvalue weighted by Gasteiger charge is 2.33. The zero-order valence-corrected chi connectivity index (χ0v) is 24.3. The second-order valence-corrected chi connectivity index (χ2v) is 12.3. The van der Waals surface area contributed by atoms with Crippen molar-refractivity contribution >= 4 is 39.1 Å². The highest BCUT2D eigenvalue weighted by molar-refractivity contribution is 7.92. The van der Waals surface area contributed by atoms with E-state index in [2.05, 4.69) is 5.32 Å². The Hall–Kier alpha value is -3.56. The van der Waals surface area contributed by atoms with Gasteiger partial charge in [-0.1, -0.05) is 48.0 Å². The van der Waals surface area contributed by atoms with Crippen LogP contribution in [0.5, 0.6) is 5.75 Å². The van der Waals surface area contributed by atoms with Crippen LogP contribution >= 0.6 is 11.6 Å². The van der Waals surface area contributed by atoms with E-state index in [0.717, 1.165) is 4.31 Å². The average Bonchev–Trinajstić information content (AvgIpc) is 2.90. The number of anilines is 1. The zero-order valence-electron chi connectivity index (χ0n) is 22.7. The van der Waals surface area contributed by atoms with Crippen LogP contribution < -0.4 is 14.4 Å². The lowest BCUT2D eigenvalue weighted by Crippen LogP contribution is -2.54. The molecule has 3 rings (SSSR count). The molecular weight excluding hydrogens is 538 g/mol. The smallest absolute Gasteiger partial charge is 0.264 e. The van der Waals surface area contributed by atoms with Gasteiger partial charge in [0, 0.05) is 17.1 Å². The lowest BCUT2D eigenvalue weighted by atomic mass is 10.1. The van der Waals surface area contributed by atoms with Crippen molar-refractivity contribution in [3.63, 3.8) is 0 Å². The standard InChI is InChI=1S/C29H34ClN3O5S/c1-21(28(35)31-29(2,3)4)32(19-22-11-9-10-14-26(22)30)27(34)20-33(23-15-17-24(38-5)18-16-23)39(36,37)25-12-7-6-8-13-25/h6-18,21H,19-20H2,1-5H3,(H,31,35)/t21-/m1/s1. The summed E-state index contributed by atoms with van der Waals surface area (Å²) in [5.74, 6) is -0.401. The Kier molecular flexibility index (Phi) is 9.63. The first-order valence-electron chi connectivity index (χ1n) is 12.4. The van der Waals surface area contributed by atoms with E-state index in [1.807, 2.05) is 20.8 Å². The summed E-state index contributed by atoms with van der Waals surface area (Å²) in [7, 11) is -2.63. The molecule has 0 fully saturated rings. The van der Waals surface area contributed by atoms with E-state index in [1.165, 1.54) is 24.1 Å². The number of nitrogens with one attached hydrogen (secondary N) is 1. The van der Waals surface area contributed by atoms with E-state index in [4.69, 9.17) is 16.3 Å². The molecule has 10 heteroatoms. The van der Waals surface area contributed by atoms with Crippen LogP contribution in [0, 0.1) is 0 Å². The van der Waals surface area contributed by atoms with Gasteiger partial charge in [-0.15, -0.1) is 0 Å². The quantitative estimate of drug-likeness (QED) is 0.374. The fraction of sp³-hybridized carbons (Fsp3) is 0.310. The third-order valence-electron chi connectivity index (χ3n) is 5.93. The highest BCUT2D eigenvalue weighted by Crippen LogP contribution is 2.27. The van der Waals surface area contributed by atoms with Gasteiger partial charge in [-0.2, -0.15) is 0 Å². The maximum Gasteiger partial charge on any atom is 0.264 e. The molecule has 208 valence electrons. The van der Waals surface area contributed by atoms with E-state index < -0.39 is 34.1 Å². The van der Waals surface area contributed by atoms with Crippen molar-refractivity contribution in [2.24, 2.45) is 0 Å². The summed E-state index contributed by atoms with van der Waals surface area (Å²) in [6, 6.07) is 20.4. The van der Waals surface area contributed by atoms with Gasteiger partial charge in [-0.05, 0) is 75.7 Å². The molecule has 0 aliphatic heterocycles. The third kappa shape index (κ3) is 7.74. The van der Waals surface area contributed by atoms with Crippen LogP contribution in [0.15, 0.2) is 83.8 Å². The van der Waals surface area contributed by atoms with Gasteiger partial charge in [0.15, 0.2) is 0 Å². The predicted octanol–water partition coefficient (Wildman–Crippen LogP) is 4.88. The van der Waals surface area contributed by atoms with Crippen molar-refractivity contribution in [1.29, 1.82) is 0 Å². The molecule has 0 saturated heterocycles. The Bertz CT molecular complexity index is 1390. The van der Waals surface area contributed by atoms with Crippen molar-refractivity contribution in [2.75, 3.05) is 18.0 Å². The Morgan fingerprint density at radius 3 is 2.10 bits per heavy atom. The van der Waals surface area contributed by atoms with Crippen LogP contribution in [-0.2, 0) is 26.2 Å². The number of methoxy groups -OCH3 is 1. The lowest BCUT2D eigenvalue weighted by Gasteiger charge is -2.33. The number of amides is 2. The SMILES string of the molecule is COc1ccc(N(CC(=O)N(Cc2ccccc2Cl)[C@H](C)C(=O)NC(C)(C)C)S(=O)(=O)c2ccccc2)cc1. The van der Waals surface area contributed by atoms with E-state index in [0.29, 0.717) is 16.3 Å². The van der Waals surface area contributed by atoms with Crippen LogP contribution in [0.1, 0.15) is 33.3 Å². The van der Waals surface area contributed by atoms with Crippen LogP contribution in [0.4, 0.5) is 5.69 Å². The first kappa shape index (κ1) is 30.0. The molecule has 0 unspecified atom stereocenters. The molecule has 0 bridgehead atoms. The largest absolute Gasteiger partial charge is 0.497 e. The summed E-state index contributed by atoms with van der Waals surface area (Å²) >= 11 is 6.39. The van der Waals surface area contributed by atoms with Gasteiger partial charge in [0.1, 0.15) is 18.3 Å². The fourth-order valence-corrected chi connectivity index (χ4v) is 5.49. The Labute approximate surface area is 235 Å². The third-order valence-corrected chi connectivity index (χ3v) is 8.09. The molecule has 1 N–H and O–H groups in total. The Morgan fingerprint density at radius 2 is 1.54 bits per heavy atom. The molecule has 0 aliphatic carbocycles. The summed E-state index contributed by atoms with van der Waals surface area (Å²) in [5.41, 5.74) is 0.373. The van der Waals surface area contributed by atoms with Crippen molar-refractivity contribution in [3.8, 4) is 5.75 Å².